The molecule has 2 N–H and O–H groups in total. The molecule has 124 valence electrons. The second kappa shape index (κ2) is 7.87. The van der Waals surface area contributed by atoms with Crippen molar-refractivity contribution in [3.05, 3.63) is 40.9 Å². The SMILES string of the molecule is CCOC(=O)C1=C(CSc2cccc[n+]2[O-])NC(=O)NC1CC. The maximum atomic E-state index is 12.2. The standard InChI is InChI=1S/C15H19N3O4S/c1-3-10-13(14(19)22-4-2)11(17-15(20)16-10)9-23-12-7-5-6-8-18(12)21/h5-8,10H,3-4,9H2,1-2H3,(H2,16,17,20). The number of nitrogens with one attached hydrogen (secondary N) is 2. The molecule has 1 unspecified atom stereocenters. The molecule has 0 bridgehead atoms. The number of thioether (sulfide) groups is 1. The second-order valence-electron chi connectivity index (χ2n) is 4.83. The number of ether oxygens (including phenoxy) is 1. The average Bonchev–Trinajstić information content (AvgIpc) is 2.53. The van der Waals surface area contributed by atoms with Gasteiger partial charge in [0.05, 0.1) is 18.2 Å². The highest BCUT2D eigenvalue weighted by atomic mass is 32.2. The van der Waals surface area contributed by atoms with E-state index in [0.29, 0.717) is 28.5 Å². The molecule has 0 radical (unpaired) electrons. The van der Waals surface area contributed by atoms with E-state index >= 15 is 0 Å². The molecule has 2 heterocycles. The van der Waals surface area contributed by atoms with Crippen LogP contribution in [0.5, 0.6) is 0 Å². The number of hydrogen-bond acceptors (Lipinski definition) is 5. The zero-order valence-corrected chi connectivity index (χ0v) is 13.8. The smallest absolute Gasteiger partial charge is 0.337 e. The van der Waals surface area contributed by atoms with E-state index in [1.165, 1.54) is 18.0 Å². The largest absolute Gasteiger partial charge is 0.618 e. The maximum absolute atomic E-state index is 12.2. The van der Waals surface area contributed by atoms with E-state index in [1.807, 2.05) is 6.92 Å². The third-order valence-electron chi connectivity index (χ3n) is 3.30. The summed E-state index contributed by atoms with van der Waals surface area (Å²) >= 11 is 1.25. The Kier molecular flexibility index (Phi) is 5.86. The van der Waals surface area contributed by atoms with Crippen molar-refractivity contribution in [2.45, 2.75) is 31.3 Å². The summed E-state index contributed by atoms with van der Waals surface area (Å²) in [7, 11) is 0. The van der Waals surface area contributed by atoms with Crippen LogP contribution in [0.25, 0.3) is 0 Å². The molecular formula is C15H19N3O4S. The molecule has 2 amide bonds. The molecule has 23 heavy (non-hydrogen) atoms. The minimum absolute atomic E-state index is 0.256. The molecule has 1 atom stereocenters. The number of carbonyl (C=O) groups is 2. The molecule has 8 heteroatoms. The molecule has 1 aliphatic rings. The number of pyridine rings is 1. The van der Waals surface area contributed by atoms with Gasteiger partial charge in [-0.3, -0.25) is 0 Å². The molecule has 0 aliphatic carbocycles. The Balaban J connectivity index is 2.26. The molecule has 0 saturated heterocycles. The van der Waals surface area contributed by atoms with Crippen molar-refractivity contribution < 1.29 is 19.1 Å². The first-order valence-electron chi connectivity index (χ1n) is 7.35. The number of aromatic nitrogens is 1. The normalized spacial score (nSPS) is 17.5. The van der Waals surface area contributed by atoms with Crippen LogP contribution in [0.3, 0.4) is 0 Å². The highest BCUT2D eigenvalue weighted by Gasteiger charge is 2.31. The molecule has 1 aliphatic heterocycles. The van der Waals surface area contributed by atoms with Crippen LogP contribution >= 0.6 is 11.8 Å². The average molecular weight is 337 g/mol. The van der Waals surface area contributed by atoms with Crippen molar-refractivity contribution in [2.75, 3.05) is 12.4 Å². The summed E-state index contributed by atoms with van der Waals surface area (Å²) in [5.41, 5.74) is 0.891. The summed E-state index contributed by atoms with van der Waals surface area (Å²) in [6, 6.07) is 4.33. The van der Waals surface area contributed by atoms with Crippen molar-refractivity contribution >= 4 is 23.8 Å². The summed E-state index contributed by atoms with van der Waals surface area (Å²) in [5, 5.41) is 17.5. The minimum atomic E-state index is -0.453. The van der Waals surface area contributed by atoms with Crippen LogP contribution in [0.1, 0.15) is 20.3 Å². The third kappa shape index (κ3) is 4.16. The molecule has 7 nitrogen and oxygen atoms in total. The van der Waals surface area contributed by atoms with Crippen LogP contribution in [0, 0.1) is 5.21 Å². The zero-order valence-electron chi connectivity index (χ0n) is 13.0. The lowest BCUT2D eigenvalue weighted by molar-refractivity contribution is -0.645. The molecule has 0 spiro atoms. The van der Waals surface area contributed by atoms with E-state index in [1.54, 1.807) is 25.1 Å². The van der Waals surface area contributed by atoms with Gasteiger partial charge in [0.25, 0.3) is 5.03 Å². The van der Waals surface area contributed by atoms with Crippen molar-refractivity contribution in [3.63, 3.8) is 0 Å². The predicted molar refractivity (Wildman–Crippen MR) is 85.5 cm³/mol. The quantitative estimate of drug-likeness (QED) is 0.353. The summed E-state index contributed by atoms with van der Waals surface area (Å²) in [4.78, 5) is 24.0. The first-order chi connectivity index (χ1) is 11.1. The number of carbonyl (C=O) groups excluding carboxylic acids is 2. The van der Waals surface area contributed by atoms with Crippen LogP contribution in [0.2, 0.25) is 0 Å². The van der Waals surface area contributed by atoms with E-state index in [4.69, 9.17) is 4.74 Å². The van der Waals surface area contributed by atoms with Gasteiger partial charge in [-0.15, -0.1) is 0 Å². The monoisotopic (exact) mass is 337 g/mol. The Morgan fingerprint density at radius 2 is 2.22 bits per heavy atom. The Morgan fingerprint density at radius 3 is 2.87 bits per heavy atom. The van der Waals surface area contributed by atoms with Gasteiger partial charge in [-0.25, -0.2) is 9.59 Å². The molecule has 0 fully saturated rings. The first kappa shape index (κ1) is 17.1. The lowest BCUT2D eigenvalue weighted by Gasteiger charge is -2.28. The summed E-state index contributed by atoms with van der Waals surface area (Å²) < 4.78 is 5.84. The van der Waals surface area contributed by atoms with Gasteiger partial charge < -0.3 is 20.6 Å². The fraction of sp³-hybridized carbons (Fsp3) is 0.400. The van der Waals surface area contributed by atoms with E-state index in [-0.39, 0.29) is 12.6 Å². The number of urea groups is 1. The van der Waals surface area contributed by atoms with Gasteiger partial charge in [-0.2, -0.15) is 4.73 Å². The lowest BCUT2D eigenvalue weighted by atomic mass is 10.0. The molecule has 1 aromatic heterocycles. The van der Waals surface area contributed by atoms with Crippen LogP contribution in [0.4, 0.5) is 4.79 Å². The van der Waals surface area contributed by atoms with E-state index in [0.717, 1.165) is 4.73 Å². The Bertz CT molecular complexity index is 633. The fourth-order valence-electron chi connectivity index (χ4n) is 2.25. The molecule has 1 aromatic rings. The Labute approximate surface area is 138 Å². The zero-order chi connectivity index (χ0) is 16.8. The Hall–Kier alpha value is -2.22. The number of rotatable bonds is 6. The van der Waals surface area contributed by atoms with Gasteiger partial charge >= 0.3 is 12.0 Å². The van der Waals surface area contributed by atoms with Gasteiger partial charge in [-0.05, 0) is 31.2 Å². The van der Waals surface area contributed by atoms with Crippen LogP contribution in [-0.4, -0.2) is 30.4 Å². The van der Waals surface area contributed by atoms with Gasteiger partial charge in [0.15, 0.2) is 6.20 Å². The van der Waals surface area contributed by atoms with Crippen LogP contribution < -0.4 is 15.4 Å². The van der Waals surface area contributed by atoms with Gasteiger partial charge in [0, 0.05) is 23.6 Å². The Morgan fingerprint density at radius 1 is 1.43 bits per heavy atom. The predicted octanol–water partition coefficient (Wildman–Crippen LogP) is 1.32. The minimum Gasteiger partial charge on any atom is -0.618 e. The van der Waals surface area contributed by atoms with Crippen molar-refractivity contribution in [2.24, 2.45) is 0 Å². The first-order valence-corrected chi connectivity index (χ1v) is 8.34. The fourth-order valence-corrected chi connectivity index (χ4v) is 3.13. The third-order valence-corrected chi connectivity index (χ3v) is 4.34. The van der Waals surface area contributed by atoms with Crippen LogP contribution in [-0.2, 0) is 9.53 Å². The second-order valence-corrected chi connectivity index (χ2v) is 5.82. The van der Waals surface area contributed by atoms with E-state index in [9.17, 15) is 14.8 Å². The van der Waals surface area contributed by atoms with Gasteiger partial charge in [0.1, 0.15) is 0 Å². The topological polar surface area (TPSA) is 94.4 Å². The van der Waals surface area contributed by atoms with Crippen molar-refractivity contribution in [1.29, 1.82) is 0 Å². The van der Waals surface area contributed by atoms with Crippen LogP contribution in [0.15, 0.2) is 40.7 Å². The highest BCUT2D eigenvalue weighted by molar-refractivity contribution is 7.99. The number of nitrogens with zero attached hydrogens (tertiary/aromatic N) is 1. The van der Waals surface area contributed by atoms with Gasteiger partial charge in [-0.1, -0.05) is 6.92 Å². The van der Waals surface area contributed by atoms with Crippen molar-refractivity contribution in [1.82, 2.24) is 10.6 Å². The molecule has 0 aromatic carbocycles. The molecule has 0 saturated carbocycles. The number of hydrogen-bond donors (Lipinski definition) is 2. The van der Waals surface area contributed by atoms with E-state index in [2.05, 4.69) is 10.6 Å². The molecule has 2 rings (SSSR count). The number of amides is 2. The summed E-state index contributed by atoms with van der Waals surface area (Å²) in [5.74, 6) is -0.157. The summed E-state index contributed by atoms with van der Waals surface area (Å²) in [6.45, 7) is 3.86. The van der Waals surface area contributed by atoms with Crippen molar-refractivity contribution in [3.8, 4) is 0 Å². The lowest BCUT2D eigenvalue weighted by Crippen LogP contribution is -2.50. The highest BCUT2D eigenvalue weighted by Crippen LogP contribution is 2.22. The number of esters is 1. The maximum Gasteiger partial charge on any atom is 0.337 e. The summed E-state index contributed by atoms with van der Waals surface area (Å²) in [6.07, 6.45) is 1.97. The molecular weight excluding hydrogens is 318 g/mol. The van der Waals surface area contributed by atoms with E-state index < -0.39 is 12.0 Å². The van der Waals surface area contributed by atoms with Gasteiger partial charge in [0.2, 0.25) is 0 Å².